The fourth-order valence-electron chi connectivity index (χ4n) is 3.08. The Hall–Kier alpha value is -2.56. The third-order valence-electron chi connectivity index (χ3n) is 4.70. The maximum Gasteiger partial charge on any atom is 0.339 e. The fourth-order valence-corrected chi connectivity index (χ4v) is 3.08. The quantitative estimate of drug-likeness (QED) is 0.769. The van der Waals surface area contributed by atoms with Gasteiger partial charge < -0.3 is 14.4 Å². The number of rotatable bonds is 5. The second kappa shape index (κ2) is 7.55. The van der Waals surface area contributed by atoms with Crippen LogP contribution >= 0.6 is 0 Å². The monoisotopic (exact) mass is 343 g/mol. The first-order valence-electron chi connectivity index (χ1n) is 8.44. The molecule has 1 atom stereocenters. The Morgan fingerprint density at radius 2 is 1.60 bits per heavy atom. The van der Waals surface area contributed by atoms with Crippen LogP contribution in [-0.4, -0.2) is 37.1 Å². The molecule has 0 amide bonds. The average Bonchev–Trinajstić information content (AvgIpc) is 2.61. The molecule has 25 heavy (non-hydrogen) atoms. The summed E-state index contributed by atoms with van der Waals surface area (Å²) in [6.45, 7) is 7.87. The van der Waals surface area contributed by atoms with Crippen molar-refractivity contribution in [2.75, 3.05) is 20.3 Å². The molecule has 5 nitrogen and oxygen atoms in total. The van der Waals surface area contributed by atoms with E-state index in [1.54, 1.807) is 19.9 Å². The molecule has 0 N–H and O–H groups in total. The highest BCUT2D eigenvalue weighted by Crippen LogP contribution is 2.42. The van der Waals surface area contributed by atoms with Crippen molar-refractivity contribution in [2.24, 2.45) is 0 Å². The molecule has 1 aliphatic heterocycles. The van der Waals surface area contributed by atoms with E-state index in [1.807, 2.05) is 56.1 Å². The first-order valence-corrected chi connectivity index (χ1v) is 8.44. The van der Waals surface area contributed by atoms with E-state index in [-0.39, 0.29) is 13.2 Å². The Balaban J connectivity index is 2.64. The molecule has 1 aromatic rings. The highest BCUT2D eigenvalue weighted by atomic mass is 16.5. The first-order chi connectivity index (χ1) is 11.9. The zero-order chi connectivity index (χ0) is 18.6. The minimum atomic E-state index is -0.742. The molecule has 1 heterocycles. The molecule has 2 rings (SSSR count). The molecule has 0 saturated carbocycles. The van der Waals surface area contributed by atoms with Crippen LogP contribution in [0, 0.1) is 0 Å². The van der Waals surface area contributed by atoms with Gasteiger partial charge in [0.25, 0.3) is 0 Å². The predicted molar refractivity (Wildman–Crippen MR) is 95.6 cm³/mol. The summed E-state index contributed by atoms with van der Waals surface area (Å²) in [6.07, 6.45) is 1.61. The van der Waals surface area contributed by atoms with Gasteiger partial charge in [0.05, 0.1) is 29.9 Å². The lowest BCUT2D eigenvalue weighted by atomic mass is 9.78. The first kappa shape index (κ1) is 18.8. The normalized spacial score (nSPS) is 20.2. The molecular formula is C20H25NO4. The van der Waals surface area contributed by atoms with Crippen LogP contribution in [0.15, 0.2) is 53.3 Å². The van der Waals surface area contributed by atoms with Gasteiger partial charge in [0.2, 0.25) is 0 Å². The summed E-state index contributed by atoms with van der Waals surface area (Å²) in [5.74, 6) is -0.876. The Labute approximate surface area is 148 Å². The van der Waals surface area contributed by atoms with E-state index in [0.29, 0.717) is 11.1 Å². The van der Waals surface area contributed by atoms with Crippen LogP contribution < -0.4 is 0 Å². The summed E-state index contributed by atoms with van der Waals surface area (Å²) in [5, 5.41) is 0. The second-order valence-electron chi connectivity index (χ2n) is 6.00. The summed E-state index contributed by atoms with van der Waals surface area (Å²) in [7, 11) is 1.87. The SMILES string of the molecule is CCOC(=O)C1=CC(C(=O)OCC)=C(C)N(C)C1(C)c1ccccc1. The Bertz CT molecular complexity index is 720. The van der Waals surface area contributed by atoms with E-state index < -0.39 is 17.5 Å². The molecule has 1 aliphatic rings. The third-order valence-corrected chi connectivity index (χ3v) is 4.70. The number of ether oxygens (including phenoxy) is 2. The van der Waals surface area contributed by atoms with E-state index in [1.165, 1.54) is 0 Å². The van der Waals surface area contributed by atoms with Crippen molar-refractivity contribution < 1.29 is 19.1 Å². The molecule has 0 bridgehead atoms. The van der Waals surface area contributed by atoms with Gasteiger partial charge >= 0.3 is 11.9 Å². The van der Waals surface area contributed by atoms with Crippen LogP contribution in [0.3, 0.4) is 0 Å². The molecule has 0 spiro atoms. The minimum absolute atomic E-state index is 0.266. The Morgan fingerprint density at radius 1 is 1.04 bits per heavy atom. The molecule has 1 aromatic carbocycles. The van der Waals surface area contributed by atoms with Crippen LogP contribution in [0.1, 0.15) is 33.3 Å². The molecule has 0 aliphatic carbocycles. The summed E-state index contributed by atoms with van der Waals surface area (Å²) in [5.41, 5.74) is 1.74. The third kappa shape index (κ3) is 3.31. The van der Waals surface area contributed by atoms with E-state index in [0.717, 1.165) is 11.3 Å². The zero-order valence-electron chi connectivity index (χ0n) is 15.5. The van der Waals surface area contributed by atoms with Gasteiger partial charge in [-0.25, -0.2) is 9.59 Å². The molecule has 0 aromatic heterocycles. The molecule has 0 radical (unpaired) electrons. The number of nitrogens with zero attached hydrogens (tertiary/aromatic N) is 1. The largest absolute Gasteiger partial charge is 0.463 e. The maximum atomic E-state index is 12.7. The second-order valence-corrected chi connectivity index (χ2v) is 6.00. The Morgan fingerprint density at radius 3 is 2.16 bits per heavy atom. The number of likely N-dealkylation sites (N-methyl/N-ethyl adjacent to an activating group) is 1. The zero-order valence-corrected chi connectivity index (χ0v) is 15.5. The van der Waals surface area contributed by atoms with Gasteiger partial charge in [0.1, 0.15) is 0 Å². The van der Waals surface area contributed by atoms with Crippen molar-refractivity contribution in [3.8, 4) is 0 Å². The van der Waals surface area contributed by atoms with E-state index in [9.17, 15) is 9.59 Å². The lowest BCUT2D eigenvalue weighted by Crippen LogP contribution is -2.47. The van der Waals surface area contributed by atoms with Crippen molar-refractivity contribution in [1.82, 2.24) is 4.90 Å². The Kier molecular flexibility index (Phi) is 5.67. The lowest BCUT2D eigenvalue weighted by Gasteiger charge is -2.45. The number of hydrogen-bond acceptors (Lipinski definition) is 5. The number of hydrogen-bond donors (Lipinski definition) is 0. The lowest BCUT2D eigenvalue weighted by molar-refractivity contribution is -0.140. The van der Waals surface area contributed by atoms with Gasteiger partial charge in [-0.15, -0.1) is 0 Å². The topological polar surface area (TPSA) is 55.8 Å². The molecule has 0 saturated heterocycles. The highest BCUT2D eigenvalue weighted by Gasteiger charge is 2.44. The van der Waals surface area contributed by atoms with Crippen molar-refractivity contribution >= 4 is 11.9 Å². The molecular weight excluding hydrogens is 318 g/mol. The summed E-state index contributed by atoms with van der Waals surface area (Å²) in [4.78, 5) is 26.9. The van der Waals surface area contributed by atoms with Crippen molar-refractivity contribution in [3.05, 3.63) is 58.8 Å². The van der Waals surface area contributed by atoms with Crippen LogP contribution in [0.4, 0.5) is 0 Å². The standard InChI is InChI=1S/C20H25NO4/c1-6-24-18(22)16-13-17(19(23)25-7-2)20(4,21(5)14(16)3)15-11-9-8-10-12-15/h8-13H,6-7H2,1-5H3. The molecule has 5 heteroatoms. The van der Waals surface area contributed by atoms with Gasteiger partial charge in [0, 0.05) is 12.7 Å². The highest BCUT2D eigenvalue weighted by molar-refractivity contribution is 5.99. The van der Waals surface area contributed by atoms with Crippen LogP contribution in [0.25, 0.3) is 0 Å². The van der Waals surface area contributed by atoms with E-state index >= 15 is 0 Å². The minimum Gasteiger partial charge on any atom is -0.463 e. The smallest absolute Gasteiger partial charge is 0.339 e. The van der Waals surface area contributed by atoms with E-state index in [2.05, 4.69) is 0 Å². The van der Waals surface area contributed by atoms with Crippen LogP contribution in [0.2, 0.25) is 0 Å². The summed E-state index contributed by atoms with van der Waals surface area (Å²) >= 11 is 0. The maximum absolute atomic E-state index is 12.7. The van der Waals surface area contributed by atoms with Crippen LogP contribution in [0.5, 0.6) is 0 Å². The molecule has 1 unspecified atom stereocenters. The number of benzene rings is 1. The van der Waals surface area contributed by atoms with Gasteiger partial charge in [0.15, 0.2) is 0 Å². The van der Waals surface area contributed by atoms with Gasteiger partial charge in [-0.1, -0.05) is 30.3 Å². The van der Waals surface area contributed by atoms with E-state index in [4.69, 9.17) is 9.47 Å². The predicted octanol–water partition coefficient (Wildman–Crippen LogP) is 3.17. The fraction of sp³-hybridized carbons (Fsp3) is 0.400. The summed E-state index contributed by atoms with van der Waals surface area (Å²) in [6, 6.07) is 9.71. The van der Waals surface area contributed by atoms with Gasteiger partial charge in [-0.2, -0.15) is 0 Å². The number of carbonyl (C=O) groups is 2. The molecule has 134 valence electrons. The number of allylic oxidation sites excluding steroid dienone is 1. The van der Waals surface area contributed by atoms with Crippen molar-refractivity contribution in [2.45, 2.75) is 33.2 Å². The number of esters is 2. The average molecular weight is 343 g/mol. The van der Waals surface area contributed by atoms with Crippen LogP contribution in [-0.2, 0) is 24.6 Å². The number of carbonyl (C=O) groups excluding carboxylic acids is 2. The van der Waals surface area contributed by atoms with Crippen molar-refractivity contribution in [1.29, 1.82) is 0 Å². The summed E-state index contributed by atoms with van der Waals surface area (Å²) < 4.78 is 10.4. The van der Waals surface area contributed by atoms with Gasteiger partial charge in [-0.3, -0.25) is 0 Å². The molecule has 0 fully saturated rings. The van der Waals surface area contributed by atoms with Gasteiger partial charge in [-0.05, 0) is 39.3 Å². The van der Waals surface area contributed by atoms with Crippen molar-refractivity contribution in [3.63, 3.8) is 0 Å².